The van der Waals surface area contributed by atoms with Gasteiger partial charge in [0, 0.05) is 11.6 Å². The number of nitrogens with zero attached hydrogens (tertiary/aromatic N) is 3. The van der Waals surface area contributed by atoms with E-state index in [1.54, 1.807) is 32.0 Å². The Morgan fingerprint density at radius 1 is 1.43 bits per heavy atom. The highest BCUT2D eigenvalue weighted by Gasteiger charge is 2.41. The Balaban J connectivity index is 1.50. The number of benzene rings is 1. The molecule has 0 spiro atoms. The summed E-state index contributed by atoms with van der Waals surface area (Å²) in [5, 5.41) is 12.4. The minimum atomic E-state index is -1.09. The van der Waals surface area contributed by atoms with Crippen LogP contribution in [0.15, 0.2) is 18.2 Å². The largest absolute Gasteiger partial charge is 0.476 e. The molecule has 1 unspecified atom stereocenters. The highest BCUT2D eigenvalue weighted by Crippen LogP contribution is 2.39. The van der Waals surface area contributed by atoms with Crippen molar-refractivity contribution in [3.63, 3.8) is 0 Å². The van der Waals surface area contributed by atoms with Gasteiger partial charge in [-0.3, -0.25) is 19.8 Å². The van der Waals surface area contributed by atoms with Gasteiger partial charge in [-0.2, -0.15) is 0 Å². The first kappa shape index (κ1) is 19.1. The van der Waals surface area contributed by atoms with E-state index in [0.29, 0.717) is 28.2 Å². The number of carbonyl (C=O) groups excluding carboxylic acids is 2. The SMILES string of the molecule is CC1(C)Oc2ccc(Cl)cc2N(CC(=O)Nc2nnc(C3CCCO3)s2)C1=O. The monoisotopic (exact) mass is 422 g/mol. The standard InChI is InChI=1S/C18H19ClN4O4S/c1-18(2)16(25)23(11-8-10(19)5-6-12(11)27-18)9-14(24)20-17-22-21-15(28-17)13-4-3-7-26-13/h5-6,8,13H,3-4,7,9H2,1-2H3,(H,20,22,24). The second-order valence-electron chi connectivity index (χ2n) is 7.11. The van der Waals surface area contributed by atoms with Crippen LogP contribution >= 0.6 is 22.9 Å². The van der Waals surface area contributed by atoms with Crippen molar-refractivity contribution < 1.29 is 19.1 Å². The fraction of sp³-hybridized carbons (Fsp3) is 0.444. The van der Waals surface area contributed by atoms with Crippen LogP contribution in [0, 0.1) is 0 Å². The fourth-order valence-electron chi connectivity index (χ4n) is 3.19. The van der Waals surface area contributed by atoms with Crippen LogP contribution in [0.1, 0.15) is 37.8 Å². The molecule has 1 aromatic carbocycles. The van der Waals surface area contributed by atoms with Crippen LogP contribution in [0.5, 0.6) is 5.75 Å². The van der Waals surface area contributed by atoms with E-state index < -0.39 is 5.60 Å². The number of aromatic nitrogens is 2. The number of amides is 2. The number of hydrogen-bond acceptors (Lipinski definition) is 7. The van der Waals surface area contributed by atoms with Crippen molar-refractivity contribution in [2.24, 2.45) is 0 Å². The molecule has 148 valence electrons. The van der Waals surface area contributed by atoms with Gasteiger partial charge in [0.1, 0.15) is 23.4 Å². The molecule has 3 heterocycles. The smallest absolute Gasteiger partial charge is 0.271 e. The van der Waals surface area contributed by atoms with E-state index in [-0.39, 0.29) is 24.5 Å². The highest BCUT2D eigenvalue weighted by molar-refractivity contribution is 7.15. The molecular weight excluding hydrogens is 404 g/mol. The third kappa shape index (κ3) is 3.69. The summed E-state index contributed by atoms with van der Waals surface area (Å²) in [6.07, 6.45) is 1.83. The van der Waals surface area contributed by atoms with Crippen LogP contribution in [-0.4, -0.2) is 40.8 Å². The zero-order chi connectivity index (χ0) is 19.9. The van der Waals surface area contributed by atoms with Gasteiger partial charge in [-0.1, -0.05) is 22.9 Å². The first-order chi connectivity index (χ1) is 13.3. The molecule has 2 aliphatic heterocycles. The zero-order valence-corrected chi connectivity index (χ0v) is 17.0. The molecule has 28 heavy (non-hydrogen) atoms. The zero-order valence-electron chi connectivity index (χ0n) is 15.4. The van der Waals surface area contributed by atoms with Gasteiger partial charge in [-0.05, 0) is 44.9 Å². The molecule has 2 aromatic rings. The summed E-state index contributed by atoms with van der Waals surface area (Å²) in [5.74, 6) is -0.208. The van der Waals surface area contributed by atoms with Crippen LogP contribution in [0.2, 0.25) is 5.02 Å². The third-order valence-corrected chi connectivity index (χ3v) is 5.70. The minimum Gasteiger partial charge on any atom is -0.476 e. The first-order valence-electron chi connectivity index (χ1n) is 8.89. The fourth-order valence-corrected chi connectivity index (χ4v) is 4.20. The predicted octanol–water partition coefficient (Wildman–Crippen LogP) is 3.19. The molecule has 1 saturated heterocycles. The summed E-state index contributed by atoms with van der Waals surface area (Å²) in [7, 11) is 0. The predicted molar refractivity (Wildman–Crippen MR) is 105 cm³/mol. The Labute approximate surface area is 170 Å². The van der Waals surface area contributed by atoms with E-state index in [0.717, 1.165) is 17.8 Å². The minimum absolute atomic E-state index is 0.0567. The van der Waals surface area contributed by atoms with Crippen molar-refractivity contribution in [3.8, 4) is 5.75 Å². The summed E-state index contributed by atoms with van der Waals surface area (Å²) in [6.45, 7) is 3.85. The topological polar surface area (TPSA) is 93.7 Å². The van der Waals surface area contributed by atoms with E-state index in [2.05, 4.69) is 15.5 Å². The molecule has 4 rings (SSSR count). The van der Waals surface area contributed by atoms with Gasteiger partial charge in [0.15, 0.2) is 5.60 Å². The number of rotatable bonds is 4. The molecule has 0 saturated carbocycles. The lowest BCUT2D eigenvalue weighted by atomic mass is 10.0. The number of anilines is 2. The van der Waals surface area contributed by atoms with Crippen molar-refractivity contribution in [2.45, 2.75) is 38.4 Å². The molecule has 0 aliphatic carbocycles. The second-order valence-corrected chi connectivity index (χ2v) is 8.56. The maximum Gasteiger partial charge on any atom is 0.271 e. The van der Waals surface area contributed by atoms with Gasteiger partial charge in [0.05, 0.1) is 5.69 Å². The second kappa shape index (κ2) is 7.31. The Bertz CT molecular complexity index is 926. The van der Waals surface area contributed by atoms with Gasteiger partial charge in [-0.25, -0.2) is 0 Å². The van der Waals surface area contributed by atoms with Gasteiger partial charge < -0.3 is 9.47 Å². The average Bonchev–Trinajstić information content (AvgIpc) is 3.31. The number of hydrogen-bond donors (Lipinski definition) is 1. The van der Waals surface area contributed by atoms with Crippen LogP contribution in [0.25, 0.3) is 0 Å². The normalized spacial score (nSPS) is 20.6. The van der Waals surface area contributed by atoms with Gasteiger partial charge in [0.25, 0.3) is 5.91 Å². The lowest BCUT2D eigenvalue weighted by Crippen LogP contribution is -2.54. The van der Waals surface area contributed by atoms with E-state index in [1.165, 1.54) is 16.2 Å². The van der Waals surface area contributed by atoms with Gasteiger partial charge >= 0.3 is 0 Å². The molecule has 1 N–H and O–H groups in total. The number of nitrogens with one attached hydrogen (secondary N) is 1. The quantitative estimate of drug-likeness (QED) is 0.813. The van der Waals surface area contributed by atoms with Crippen LogP contribution in [0.3, 0.4) is 0 Å². The number of carbonyl (C=O) groups is 2. The van der Waals surface area contributed by atoms with Crippen molar-refractivity contribution in [1.82, 2.24) is 10.2 Å². The van der Waals surface area contributed by atoms with E-state index in [1.807, 2.05) is 0 Å². The average molecular weight is 423 g/mol. The number of fused-ring (bicyclic) bond motifs is 1. The van der Waals surface area contributed by atoms with Crippen LogP contribution < -0.4 is 15.0 Å². The maximum atomic E-state index is 12.8. The molecule has 10 heteroatoms. The Morgan fingerprint density at radius 2 is 2.25 bits per heavy atom. The van der Waals surface area contributed by atoms with E-state index >= 15 is 0 Å². The van der Waals surface area contributed by atoms with E-state index in [4.69, 9.17) is 21.1 Å². The summed E-state index contributed by atoms with van der Waals surface area (Å²) in [6, 6.07) is 4.98. The van der Waals surface area contributed by atoms with Crippen molar-refractivity contribution in [2.75, 3.05) is 23.4 Å². The molecular formula is C18H19ClN4O4S. The maximum absolute atomic E-state index is 12.8. The molecule has 2 amide bonds. The van der Waals surface area contributed by atoms with E-state index in [9.17, 15) is 9.59 Å². The van der Waals surface area contributed by atoms with Crippen molar-refractivity contribution in [3.05, 3.63) is 28.2 Å². The third-order valence-electron chi connectivity index (χ3n) is 4.53. The molecule has 2 aliphatic rings. The Hall–Kier alpha value is -2.23. The summed E-state index contributed by atoms with van der Waals surface area (Å²) >= 11 is 7.35. The number of halogens is 1. The Morgan fingerprint density at radius 3 is 3.00 bits per heavy atom. The van der Waals surface area contributed by atoms with Crippen molar-refractivity contribution in [1.29, 1.82) is 0 Å². The lowest BCUT2D eigenvalue weighted by molar-refractivity contribution is -0.133. The summed E-state index contributed by atoms with van der Waals surface area (Å²) in [5.41, 5.74) is -0.624. The molecule has 0 bridgehead atoms. The first-order valence-corrected chi connectivity index (χ1v) is 10.1. The van der Waals surface area contributed by atoms with Crippen molar-refractivity contribution >= 4 is 45.6 Å². The Kier molecular flexibility index (Phi) is 4.98. The molecule has 1 fully saturated rings. The van der Waals surface area contributed by atoms with Crippen LogP contribution in [0.4, 0.5) is 10.8 Å². The molecule has 1 atom stereocenters. The summed E-state index contributed by atoms with van der Waals surface area (Å²) < 4.78 is 11.3. The molecule has 0 radical (unpaired) electrons. The van der Waals surface area contributed by atoms with Crippen LogP contribution in [-0.2, 0) is 14.3 Å². The number of ether oxygens (including phenoxy) is 2. The molecule has 1 aromatic heterocycles. The molecule has 8 nitrogen and oxygen atoms in total. The lowest BCUT2D eigenvalue weighted by Gasteiger charge is -2.38. The highest BCUT2D eigenvalue weighted by atomic mass is 35.5. The van der Waals surface area contributed by atoms with Gasteiger partial charge in [0.2, 0.25) is 11.0 Å². The summed E-state index contributed by atoms with van der Waals surface area (Å²) in [4.78, 5) is 26.8. The van der Waals surface area contributed by atoms with Gasteiger partial charge in [-0.15, -0.1) is 10.2 Å².